The molecule has 19 heavy (non-hydrogen) atoms. The molecule has 0 aliphatic carbocycles. The Kier molecular flexibility index (Phi) is 3.80. The first-order chi connectivity index (χ1) is 9.17. The first-order valence-electron chi connectivity index (χ1n) is 5.85. The second-order valence-electron chi connectivity index (χ2n) is 4.03. The van der Waals surface area contributed by atoms with Gasteiger partial charge in [-0.2, -0.15) is 0 Å². The van der Waals surface area contributed by atoms with Crippen molar-refractivity contribution in [1.29, 1.82) is 0 Å². The SMILES string of the molecule is COc1cc(C(C)=O)cc(-c2ccccn2)c1OC. The Hall–Kier alpha value is -2.36. The van der Waals surface area contributed by atoms with Crippen molar-refractivity contribution in [3.05, 3.63) is 42.1 Å². The van der Waals surface area contributed by atoms with E-state index in [0.717, 1.165) is 11.3 Å². The van der Waals surface area contributed by atoms with Gasteiger partial charge >= 0.3 is 0 Å². The van der Waals surface area contributed by atoms with E-state index in [0.29, 0.717) is 17.1 Å². The van der Waals surface area contributed by atoms with E-state index in [-0.39, 0.29) is 5.78 Å². The van der Waals surface area contributed by atoms with Crippen LogP contribution in [0.3, 0.4) is 0 Å². The minimum absolute atomic E-state index is 0.0295. The number of ether oxygens (including phenoxy) is 2. The third-order valence-corrected chi connectivity index (χ3v) is 2.83. The zero-order valence-corrected chi connectivity index (χ0v) is 11.1. The fraction of sp³-hybridized carbons (Fsp3) is 0.200. The molecule has 0 amide bonds. The summed E-state index contributed by atoms with van der Waals surface area (Å²) in [4.78, 5) is 15.9. The molecule has 1 aromatic heterocycles. The van der Waals surface area contributed by atoms with E-state index >= 15 is 0 Å². The molecule has 4 heteroatoms. The van der Waals surface area contributed by atoms with Gasteiger partial charge in [-0.15, -0.1) is 0 Å². The summed E-state index contributed by atoms with van der Waals surface area (Å²) in [5, 5.41) is 0. The monoisotopic (exact) mass is 257 g/mol. The predicted octanol–water partition coefficient (Wildman–Crippen LogP) is 2.97. The molecule has 98 valence electrons. The number of nitrogens with zero attached hydrogens (tertiary/aromatic N) is 1. The first-order valence-corrected chi connectivity index (χ1v) is 5.85. The van der Waals surface area contributed by atoms with Gasteiger partial charge in [0, 0.05) is 17.3 Å². The summed E-state index contributed by atoms with van der Waals surface area (Å²) in [6, 6.07) is 9.03. The lowest BCUT2D eigenvalue weighted by atomic mass is 10.0. The lowest BCUT2D eigenvalue weighted by Crippen LogP contribution is -1.99. The number of rotatable bonds is 4. The van der Waals surface area contributed by atoms with E-state index in [9.17, 15) is 4.79 Å². The number of carbonyl (C=O) groups excluding carboxylic acids is 1. The Labute approximate surface area is 112 Å². The van der Waals surface area contributed by atoms with Crippen LogP contribution in [0.25, 0.3) is 11.3 Å². The second kappa shape index (κ2) is 5.52. The summed E-state index contributed by atoms with van der Waals surface area (Å²) in [6.45, 7) is 1.52. The minimum Gasteiger partial charge on any atom is -0.493 e. The summed E-state index contributed by atoms with van der Waals surface area (Å²) in [5.41, 5.74) is 2.05. The maximum Gasteiger partial charge on any atom is 0.170 e. The van der Waals surface area contributed by atoms with Crippen LogP contribution in [-0.2, 0) is 0 Å². The first kappa shape index (κ1) is 13.1. The van der Waals surface area contributed by atoms with Gasteiger partial charge in [-0.25, -0.2) is 0 Å². The molecule has 1 aromatic carbocycles. The highest BCUT2D eigenvalue weighted by atomic mass is 16.5. The van der Waals surface area contributed by atoms with Gasteiger partial charge in [-0.1, -0.05) is 6.07 Å². The third kappa shape index (κ3) is 2.57. The molecule has 0 N–H and O–H groups in total. The van der Waals surface area contributed by atoms with Crippen molar-refractivity contribution in [3.8, 4) is 22.8 Å². The van der Waals surface area contributed by atoms with E-state index in [1.54, 1.807) is 32.5 Å². The highest BCUT2D eigenvalue weighted by Crippen LogP contribution is 2.38. The van der Waals surface area contributed by atoms with Gasteiger partial charge in [-0.3, -0.25) is 9.78 Å². The van der Waals surface area contributed by atoms with E-state index < -0.39 is 0 Å². The Morgan fingerprint density at radius 3 is 2.47 bits per heavy atom. The molecule has 0 saturated heterocycles. The van der Waals surface area contributed by atoms with Crippen LogP contribution >= 0.6 is 0 Å². The molecule has 4 nitrogen and oxygen atoms in total. The lowest BCUT2D eigenvalue weighted by Gasteiger charge is -2.14. The molecule has 0 aliphatic heterocycles. The fourth-order valence-corrected chi connectivity index (χ4v) is 1.88. The van der Waals surface area contributed by atoms with Crippen LogP contribution in [0.5, 0.6) is 11.5 Å². The third-order valence-electron chi connectivity index (χ3n) is 2.83. The van der Waals surface area contributed by atoms with Crippen molar-refractivity contribution in [1.82, 2.24) is 4.98 Å². The molecule has 1 heterocycles. The lowest BCUT2D eigenvalue weighted by molar-refractivity contribution is 0.101. The van der Waals surface area contributed by atoms with Gasteiger partial charge in [0.1, 0.15) is 0 Å². The van der Waals surface area contributed by atoms with Crippen LogP contribution in [0.1, 0.15) is 17.3 Å². The van der Waals surface area contributed by atoms with Crippen molar-refractivity contribution in [2.75, 3.05) is 14.2 Å². The number of benzene rings is 1. The van der Waals surface area contributed by atoms with Gasteiger partial charge in [-0.05, 0) is 31.2 Å². The molecule has 0 aliphatic rings. The average Bonchev–Trinajstić information content (AvgIpc) is 2.46. The van der Waals surface area contributed by atoms with E-state index in [1.165, 1.54) is 6.92 Å². The average molecular weight is 257 g/mol. The van der Waals surface area contributed by atoms with Crippen molar-refractivity contribution >= 4 is 5.78 Å². The molecule has 2 aromatic rings. The second-order valence-corrected chi connectivity index (χ2v) is 4.03. The molecule has 0 spiro atoms. The zero-order valence-electron chi connectivity index (χ0n) is 11.1. The number of pyridine rings is 1. The van der Waals surface area contributed by atoms with Crippen LogP contribution in [0.2, 0.25) is 0 Å². The molecule has 0 radical (unpaired) electrons. The summed E-state index contributed by atoms with van der Waals surface area (Å²) < 4.78 is 10.7. The number of ketones is 1. The van der Waals surface area contributed by atoms with E-state index in [2.05, 4.69) is 4.98 Å². The normalized spacial score (nSPS) is 10.1. The molecule has 0 saturated carbocycles. The van der Waals surface area contributed by atoms with Gasteiger partial charge in [0.25, 0.3) is 0 Å². The van der Waals surface area contributed by atoms with Gasteiger partial charge < -0.3 is 9.47 Å². The van der Waals surface area contributed by atoms with Gasteiger partial charge in [0.15, 0.2) is 17.3 Å². The highest BCUT2D eigenvalue weighted by Gasteiger charge is 2.16. The Balaban J connectivity index is 2.70. The number of carbonyl (C=O) groups is 1. The quantitative estimate of drug-likeness (QED) is 0.790. The molecular weight excluding hydrogens is 242 g/mol. The predicted molar refractivity (Wildman–Crippen MR) is 72.8 cm³/mol. The fourth-order valence-electron chi connectivity index (χ4n) is 1.88. The molecular formula is C15H15NO3. The largest absolute Gasteiger partial charge is 0.493 e. The summed E-state index contributed by atoms with van der Waals surface area (Å²) in [6.07, 6.45) is 1.70. The van der Waals surface area contributed by atoms with Crippen LogP contribution in [0.4, 0.5) is 0 Å². The Bertz CT molecular complexity index is 594. The van der Waals surface area contributed by atoms with Crippen molar-refractivity contribution < 1.29 is 14.3 Å². The Morgan fingerprint density at radius 1 is 1.16 bits per heavy atom. The maximum atomic E-state index is 11.6. The Morgan fingerprint density at radius 2 is 1.95 bits per heavy atom. The van der Waals surface area contributed by atoms with Crippen LogP contribution < -0.4 is 9.47 Å². The smallest absolute Gasteiger partial charge is 0.170 e. The molecule has 0 unspecified atom stereocenters. The zero-order chi connectivity index (χ0) is 13.8. The molecule has 0 fully saturated rings. The van der Waals surface area contributed by atoms with E-state index in [1.807, 2.05) is 18.2 Å². The molecule has 0 atom stereocenters. The van der Waals surface area contributed by atoms with Crippen LogP contribution in [-0.4, -0.2) is 25.0 Å². The van der Waals surface area contributed by atoms with Gasteiger partial charge in [0.05, 0.1) is 19.9 Å². The molecule has 2 rings (SSSR count). The summed E-state index contributed by atoms with van der Waals surface area (Å²) >= 11 is 0. The summed E-state index contributed by atoms with van der Waals surface area (Å²) in [7, 11) is 3.11. The number of hydrogen-bond acceptors (Lipinski definition) is 4. The van der Waals surface area contributed by atoms with Crippen molar-refractivity contribution in [2.45, 2.75) is 6.92 Å². The number of Topliss-reactive ketones (excluding diaryl/α,β-unsaturated/α-hetero) is 1. The number of aromatic nitrogens is 1. The van der Waals surface area contributed by atoms with Crippen molar-refractivity contribution in [3.63, 3.8) is 0 Å². The topological polar surface area (TPSA) is 48.4 Å². The minimum atomic E-state index is -0.0295. The standard InChI is InChI=1S/C15H15NO3/c1-10(17)11-8-12(13-6-4-5-7-16-13)15(19-3)14(9-11)18-2/h4-9H,1-3H3. The van der Waals surface area contributed by atoms with Gasteiger partial charge in [0.2, 0.25) is 0 Å². The van der Waals surface area contributed by atoms with Crippen LogP contribution in [0, 0.1) is 0 Å². The molecule has 0 bridgehead atoms. The maximum absolute atomic E-state index is 11.6. The number of hydrogen-bond donors (Lipinski definition) is 0. The number of methoxy groups -OCH3 is 2. The summed E-state index contributed by atoms with van der Waals surface area (Å²) in [5.74, 6) is 1.07. The van der Waals surface area contributed by atoms with Crippen molar-refractivity contribution in [2.24, 2.45) is 0 Å². The van der Waals surface area contributed by atoms with E-state index in [4.69, 9.17) is 9.47 Å². The highest BCUT2D eigenvalue weighted by molar-refractivity contribution is 5.96. The van der Waals surface area contributed by atoms with Crippen LogP contribution in [0.15, 0.2) is 36.5 Å².